The van der Waals surface area contributed by atoms with Gasteiger partial charge in [0.15, 0.2) is 0 Å². The van der Waals surface area contributed by atoms with Crippen LogP contribution in [-0.2, 0) is 11.3 Å². The Hall–Kier alpha value is -1.26. The fourth-order valence-corrected chi connectivity index (χ4v) is 3.51. The number of hydrogen-bond donors (Lipinski definition) is 1. The Bertz CT molecular complexity index is 578. The molecule has 1 N–H and O–H groups in total. The van der Waals surface area contributed by atoms with Crippen LogP contribution in [0.3, 0.4) is 0 Å². The molecule has 1 aromatic heterocycles. The number of rotatable bonds is 5. The SMILES string of the molecule is Cc1ccc(S[C@H](C)C(=O)NCc2cccs2)c(C)c1. The number of nitrogens with one attached hydrogen (secondary N) is 1. The molecule has 0 fully saturated rings. The highest BCUT2D eigenvalue weighted by atomic mass is 32.2. The van der Waals surface area contributed by atoms with Gasteiger partial charge >= 0.3 is 0 Å². The summed E-state index contributed by atoms with van der Waals surface area (Å²) in [4.78, 5) is 14.5. The van der Waals surface area contributed by atoms with Crippen molar-refractivity contribution in [1.82, 2.24) is 5.32 Å². The number of carbonyl (C=O) groups is 1. The Labute approximate surface area is 128 Å². The lowest BCUT2D eigenvalue weighted by atomic mass is 10.2. The molecule has 0 bridgehead atoms. The lowest BCUT2D eigenvalue weighted by Crippen LogP contribution is -2.30. The number of benzene rings is 1. The lowest BCUT2D eigenvalue weighted by Gasteiger charge is -2.13. The minimum Gasteiger partial charge on any atom is -0.350 e. The van der Waals surface area contributed by atoms with Crippen LogP contribution in [0, 0.1) is 13.8 Å². The third-order valence-corrected chi connectivity index (χ3v) is 5.18. The van der Waals surface area contributed by atoms with Crippen LogP contribution in [0.15, 0.2) is 40.6 Å². The van der Waals surface area contributed by atoms with E-state index in [2.05, 4.69) is 37.4 Å². The second-order valence-corrected chi connectivity index (χ2v) is 7.24. The smallest absolute Gasteiger partial charge is 0.233 e. The van der Waals surface area contributed by atoms with Crippen LogP contribution < -0.4 is 5.32 Å². The largest absolute Gasteiger partial charge is 0.350 e. The first-order valence-corrected chi connectivity index (χ1v) is 8.36. The number of carbonyl (C=O) groups excluding carboxylic acids is 1. The number of amides is 1. The predicted molar refractivity (Wildman–Crippen MR) is 87.4 cm³/mol. The summed E-state index contributed by atoms with van der Waals surface area (Å²) in [5.41, 5.74) is 2.48. The Morgan fingerprint density at radius 3 is 2.80 bits per heavy atom. The fourth-order valence-electron chi connectivity index (χ4n) is 1.91. The third kappa shape index (κ3) is 4.12. The van der Waals surface area contributed by atoms with E-state index in [4.69, 9.17) is 0 Å². The molecule has 1 atom stereocenters. The molecule has 1 amide bonds. The Balaban J connectivity index is 1.90. The maximum absolute atomic E-state index is 12.1. The molecule has 106 valence electrons. The van der Waals surface area contributed by atoms with Gasteiger partial charge in [-0.2, -0.15) is 0 Å². The molecule has 20 heavy (non-hydrogen) atoms. The Kier molecular flexibility index (Phi) is 5.26. The standard InChI is InChI=1S/C16H19NOS2/c1-11-6-7-15(12(2)9-11)20-13(3)16(18)17-10-14-5-4-8-19-14/h4-9,13H,10H2,1-3H3,(H,17,18)/t13-/m1/s1. The number of thioether (sulfide) groups is 1. The van der Waals surface area contributed by atoms with E-state index >= 15 is 0 Å². The first kappa shape index (κ1) is 15.1. The molecule has 1 aromatic carbocycles. The first-order chi connectivity index (χ1) is 9.56. The maximum Gasteiger partial charge on any atom is 0.233 e. The Morgan fingerprint density at radius 2 is 2.15 bits per heavy atom. The first-order valence-electron chi connectivity index (χ1n) is 6.60. The maximum atomic E-state index is 12.1. The molecular formula is C16H19NOS2. The predicted octanol–water partition coefficient (Wildman–Crippen LogP) is 4.16. The normalized spacial score (nSPS) is 12.2. The highest BCUT2D eigenvalue weighted by molar-refractivity contribution is 8.00. The molecule has 2 nitrogen and oxygen atoms in total. The average Bonchev–Trinajstić information content (AvgIpc) is 2.92. The summed E-state index contributed by atoms with van der Waals surface area (Å²) in [5, 5.41) is 4.92. The highest BCUT2D eigenvalue weighted by Gasteiger charge is 2.15. The van der Waals surface area contributed by atoms with Crippen LogP contribution in [-0.4, -0.2) is 11.2 Å². The van der Waals surface area contributed by atoms with Gasteiger partial charge in [0.1, 0.15) is 0 Å². The minimum absolute atomic E-state index is 0.0865. The lowest BCUT2D eigenvalue weighted by molar-refractivity contribution is -0.120. The zero-order valence-electron chi connectivity index (χ0n) is 12.0. The molecule has 0 aliphatic carbocycles. The molecule has 4 heteroatoms. The molecule has 0 spiro atoms. The van der Waals surface area contributed by atoms with Crippen molar-refractivity contribution in [3.63, 3.8) is 0 Å². The molecule has 1 heterocycles. The van der Waals surface area contributed by atoms with Gasteiger partial charge in [-0.15, -0.1) is 23.1 Å². The molecular weight excluding hydrogens is 286 g/mol. The summed E-state index contributed by atoms with van der Waals surface area (Å²) < 4.78 is 0. The van der Waals surface area contributed by atoms with Crippen LogP contribution >= 0.6 is 23.1 Å². The van der Waals surface area contributed by atoms with Crippen LogP contribution in [0.1, 0.15) is 22.9 Å². The van der Waals surface area contributed by atoms with Gasteiger partial charge in [0, 0.05) is 9.77 Å². The fraction of sp³-hybridized carbons (Fsp3) is 0.312. The van der Waals surface area contributed by atoms with Crippen molar-refractivity contribution in [1.29, 1.82) is 0 Å². The summed E-state index contributed by atoms with van der Waals surface area (Å²) in [6.45, 7) is 6.74. The summed E-state index contributed by atoms with van der Waals surface area (Å²) >= 11 is 3.28. The molecule has 2 aromatic rings. The number of aryl methyl sites for hydroxylation is 2. The van der Waals surface area contributed by atoms with E-state index in [0.717, 1.165) is 0 Å². The molecule has 0 saturated carbocycles. The van der Waals surface area contributed by atoms with Crippen LogP contribution in [0.5, 0.6) is 0 Å². The quantitative estimate of drug-likeness (QED) is 0.840. The second-order valence-electron chi connectivity index (χ2n) is 4.83. The van der Waals surface area contributed by atoms with Gasteiger partial charge in [0.25, 0.3) is 0 Å². The van der Waals surface area contributed by atoms with Gasteiger partial charge in [0.2, 0.25) is 5.91 Å². The van der Waals surface area contributed by atoms with E-state index in [1.54, 1.807) is 23.1 Å². The molecule has 0 aliphatic rings. The summed E-state index contributed by atoms with van der Waals surface area (Å²) in [7, 11) is 0. The van der Waals surface area contributed by atoms with E-state index in [1.807, 2.05) is 24.4 Å². The van der Waals surface area contributed by atoms with Crippen LogP contribution in [0.25, 0.3) is 0 Å². The number of thiophene rings is 1. The summed E-state index contributed by atoms with van der Waals surface area (Å²) in [5.74, 6) is 0.0865. The third-order valence-electron chi connectivity index (χ3n) is 3.02. The molecule has 0 radical (unpaired) electrons. The van der Waals surface area contributed by atoms with E-state index in [9.17, 15) is 4.79 Å². The average molecular weight is 305 g/mol. The highest BCUT2D eigenvalue weighted by Crippen LogP contribution is 2.27. The molecule has 0 unspecified atom stereocenters. The van der Waals surface area contributed by atoms with Gasteiger partial charge < -0.3 is 5.32 Å². The Morgan fingerprint density at radius 1 is 1.35 bits per heavy atom. The molecule has 0 saturated heterocycles. The summed E-state index contributed by atoms with van der Waals surface area (Å²) in [6.07, 6.45) is 0. The van der Waals surface area contributed by atoms with Crippen molar-refractivity contribution in [2.75, 3.05) is 0 Å². The van der Waals surface area contributed by atoms with Crippen molar-refractivity contribution in [3.8, 4) is 0 Å². The topological polar surface area (TPSA) is 29.1 Å². The number of hydrogen-bond acceptors (Lipinski definition) is 3. The summed E-state index contributed by atoms with van der Waals surface area (Å²) in [6, 6.07) is 10.4. The van der Waals surface area contributed by atoms with Gasteiger partial charge in [-0.25, -0.2) is 0 Å². The van der Waals surface area contributed by atoms with Crippen molar-refractivity contribution < 1.29 is 4.79 Å². The molecule has 2 rings (SSSR count). The van der Waals surface area contributed by atoms with Gasteiger partial charge in [0.05, 0.1) is 11.8 Å². The van der Waals surface area contributed by atoms with Crippen molar-refractivity contribution in [2.24, 2.45) is 0 Å². The van der Waals surface area contributed by atoms with Gasteiger partial charge in [-0.1, -0.05) is 23.8 Å². The van der Waals surface area contributed by atoms with Crippen molar-refractivity contribution >= 4 is 29.0 Å². The van der Waals surface area contributed by atoms with Crippen LogP contribution in [0.4, 0.5) is 0 Å². The van der Waals surface area contributed by atoms with Gasteiger partial charge in [-0.3, -0.25) is 4.79 Å². The van der Waals surface area contributed by atoms with Gasteiger partial charge in [-0.05, 0) is 43.8 Å². The van der Waals surface area contributed by atoms with E-state index < -0.39 is 0 Å². The monoisotopic (exact) mass is 305 g/mol. The van der Waals surface area contributed by atoms with Crippen molar-refractivity contribution in [2.45, 2.75) is 37.5 Å². The van der Waals surface area contributed by atoms with E-state index in [0.29, 0.717) is 6.54 Å². The zero-order chi connectivity index (χ0) is 14.5. The second kappa shape index (κ2) is 6.95. The van der Waals surface area contributed by atoms with Crippen LogP contribution in [0.2, 0.25) is 0 Å². The van der Waals surface area contributed by atoms with Crippen molar-refractivity contribution in [3.05, 3.63) is 51.7 Å². The van der Waals surface area contributed by atoms with E-state index in [-0.39, 0.29) is 11.2 Å². The zero-order valence-corrected chi connectivity index (χ0v) is 13.6. The molecule has 0 aliphatic heterocycles. The minimum atomic E-state index is -0.0867. The van der Waals surface area contributed by atoms with E-state index in [1.165, 1.54) is 20.9 Å².